The number of rotatable bonds is 5. The minimum atomic E-state index is -3.67. The summed E-state index contributed by atoms with van der Waals surface area (Å²) >= 11 is 1.42. The molecule has 2 amide bonds. The molecule has 0 aliphatic carbocycles. The first-order valence-electron chi connectivity index (χ1n) is 8.67. The molecule has 1 atom stereocenters. The Morgan fingerprint density at radius 1 is 1.21 bits per heavy atom. The molecule has 8 nitrogen and oxygen atoms in total. The Morgan fingerprint density at radius 3 is 2.59 bits per heavy atom. The fourth-order valence-corrected chi connectivity index (χ4v) is 4.56. The van der Waals surface area contributed by atoms with E-state index in [1.54, 1.807) is 18.2 Å². The van der Waals surface area contributed by atoms with Gasteiger partial charge in [-0.1, -0.05) is 0 Å². The van der Waals surface area contributed by atoms with Gasteiger partial charge in [0, 0.05) is 24.6 Å². The summed E-state index contributed by atoms with van der Waals surface area (Å²) in [6.07, 6.45) is 0. The predicted molar refractivity (Wildman–Crippen MR) is 112 cm³/mol. The maximum atomic E-state index is 12.8. The minimum Gasteiger partial charge on any atom is -0.495 e. The van der Waals surface area contributed by atoms with E-state index in [-0.39, 0.29) is 21.7 Å². The predicted octanol–water partition coefficient (Wildman–Crippen LogP) is 2.63. The molecule has 2 N–H and O–H groups in total. The molecule has 0 aromatic heterocycles. The maximum absolute atomic E-state index is 12.8. The third kappa shape index (κ3) is 4.24. The molecule has 1 aliphatic rings. The zero-order chi connectivity index (χ0) is 21.3. The van der Waals surface area contributed by atoms with Crippen molar-refractivity contribution in [3.05, 3.63) is 42.0 Å². The van der Waals surface area contributed by atoms with Crippen molar-refractivity contribution in [2.75, 3.05) is 31.8 Å². The number of nitrogens with one attached hydrogen (secondary N) is 2. The molecule has 0 spiro atoms. The van der Waals surface area contributed by atoms with E-state index in [1.165, 1.54) is 51.2 Å². The molecule has 10 heteroatoms. The van der Waals surface area contributed by atoms with Crippen molar-refractivity contribution >= 4 is 45.0 Å². The molecule has 2 aromatic rings. The Balaban J connectivity index is 1.91. The van der Waals surface area contributed by atoms with Gasteiger partial charge in [0.05, 0.1) is 28.6 Å². The van der Waals surface area contributed by atoms with Crippen LogP contribution in [0.1, 0.15) is 17.3 Å². The summed E-state index contributed by atoms with van der Waals surface area (Å²) in [6.45, 7) is 1.81. The van der Waals surface area contributed by atoms with E-state index >= 15 is 0 Å². The zero-order valence-corrected chi connectivity index (χ0v) is 18.0. The highest BCUT2D eigenvalue weighted by molar-refractivity contribution is 8.01. The number of carbonyl (C=O) groups excluding carboxylic acids is 2. The molecule has 0 bridgehead atoms. The van der Waals surface area contributed by atoms with Gasteiger partial charge in [-0.25, -0.2) is 12.7 Å². The van der Waals surface area contributed by atoms with Crippen LogP contribution in [0.25, 0.3) is 0 Å². The number of sulfonamides is 1. The maximum Gasteiger partial charge on any atom is 0.255 e. The first kappa shape index (κ1) is 21.2. The number of methoxy groups -OCH3 is 1. The average molecular weight is 436 g/mol. The van der Waals surface area contributed by atoms with Gasteiger partial charge in [-0.2, -0.15) is 0 Å². The summed E-state index contributed by atoms with van der Waals surface area (Å²) in [5.74, 6) is -0.251. The molecule has 0 saturated heterocycles. The zero-order valence-electron chi connectivity index (χ0n) is 16.3. The fourth-order valence-electron chi connectivity index (χ4n) is 2.70. The number of benzene rings is 2. The van der Waals surface area contributed by atoms with Crippen LogP contribution in [-0.4, -0.2) is 51.0 Å². The van der Waals surface area contributed by atoms with Crippen molar-refractivity contribution in [3.8, 4) is 5.75 Å². The summed E-state index contributed by atoms with van der Waals surface area (Å²) < 4.78 is 31.1. The summed E-state index contributed by atoms with van der Waals surface area (Å²) in [7, 11) is 0.614. The molecule has 1 aliphatic heterocycles. The van der Waals surface area contributed by atoms with Crippen molar-refractivity contribution in [1.82, 2.24) is 4.31 Å². The second kappa shape index (κ2) is 8.05. The highest BCUT2D eigenvalue weighted by Gasteiger charge is 2.24. The largest absolute Gasteiger partial charge is 0.495 e. The number of hydrogen-bond donors (Lipinski definition) is 2. The lowest BCUT2D eigenvalue weighted by Crippen LogP contribution is -2.26. The fraction of sp³-hybridized carbons (Fsp3) is 0.263. The number of hydrogen-bond acceptors (Lipinski definition) is 6. The number of thioether (sulfide) groups is 1. The van der Waals surface area contributed by atoms with Crippen LogP contribution < -0.4 is 15.4 Å². The Hall–Kier alpha value is -2.56. The molecule has 0 saturated carbocycles. The lowest BCUT2D eigenvalue weighted by atomic mass is 10.1. The molecule has 154 valence electrons. The van der Waals surface area contributed by atoms with Crippen molar-refractivity contribution < 1.29 is 22.7 Å². The van der Waals surface area contributed by atoms with Crippen LogP contribution in [0.15, 0.2) is 46.2 Å². The van der Waals surface area contributed by atoms with Gasteiger partial charge in [0.2, 0.25) is 15.9 Å². The van der Waals surface area contributed by atoms with Crippen molar-refractivity contribution in [1.29, 1.82) is 0 Å². The van der Waals surface area contributed by atoms with Crippen LogP contribution in [0.3, 0.4) is 0 Å². The molecule has 2 aromatic carbocycles. The van der Waals surface area contributed by atoms with Gasteiger partial charge in [0.15, 0.2) is 0 Å². The number of ether oxygens (including phenoxy) is 1. The van der Waals surface area contributed by atoms with Crippen molar-refractivity contribution in [3.63, 3.8) is 0 Å². The Kier molecular flexibility index (Phi) is 5.87. The van der Waals surface area contributed by atoms with E-state index in [0.717, 1.165) is 9.20 Å². The third-order valence-corrected chi connectivity index (χ3v) is 7.36. The van der Waals surface area contributed by atoms with Gasteiger partial charge in [-0.3, -0.25) is 9.59 Å². The number of fused-ring (bicyclic) bond motifs is 1. The summed E-state index contributed by atoms with van der Waals surface area (Å²) in [4.78, 5) is 25.6. The SMILES string of the molecule is COc1ccc(S(=O)(=O)N(C)C)cc1NC(=O)c1ccc2c(c1)NC(=O)[C@@H](C)S2. The Labute approximate surface area is 173 Å². The number of carbonyl (C=O) groups is 2. The van der Waals surface area contributed by atoms with Gasteiger partial charge < -0.3 is 15.4 Å². The van der Waals surface area contributed by atoms with E-state index in [1.807, 2.05) is 6.92 Å². The van der Waals surface area contributed by atoms with Crippen LogP contribution in [0.2, 0.25) is 0 Å². The van der Waals surface area contributed by atoms with Crippen LogP contribution in [0.4, 0.5) is 11.4 Å². The van der Waals surface area contributed by atoms with E-state index < -0.39 is 15.9 Å². The topological polar surface area (TPSA) is 105 Å². The summed E-state index contributed by atoms with van der Waals surface area (Å²) in [5, 5.41) is 5.27. The van der Waals surface area contributed by atoms with E-state index in [0.29, 0.717) is 17.0 Å². The smallest absolute Gasteiger partial charge is 0.255 e. The second-order valence-corrected chi connectivity index (χ2v) is 10.1. The minimum absolute atomic E-state index is 0.0293. The summed E-state index contributed by atoms with van der Waals surface area (Å²) in [6, 6.07) is 9.26. The second-order valence-electron chi connectivity index (χ2n) is 6.56. The highest BCUT2D eigenvalue weighted by Crippen LogP contribution is 2.36. The van der Waals surface area contributed by atoms with E-state index in [2.05, 4.69) is 10.6 Å². The standard InChI is InChI=1S/C19H21N3O5S2/c1-11-18(23)21-15-9-12(5-8-17(15)28-11)19(24)20-14-10-13(6-7-16(14)27-4)29(25,26)22(2)3/h5-11H,1-4H3,(H,20,24)(H,21,23)/t11-/m1/s1. The van der Waals surface area contributed by atoms with Crippen LogP contribution in [0, 0.1) is 0 Å². The van der Waals surface area contributed by atoms with Crippen LogP contribution in [0.5, 0.6) is 5.75 Å². The van der Waals surface area contributed by atoms with Crippen molar-refractivity contribution in [2.45, 2.75) is 22.0 Å². The monoisotopic (exact) mass is 435 g/mol. The quantitative estimate of drug-likeness (QED) is 0.748. The van der Waals surface area contributed by atoms with Crippen LogP contribution >= 0.6 is 11.8 Å². The van der Waals surface area contributed by atoms with Gasteiger partial charge in [-0.15, -0.1) is 11.8 Å². The first-order valence-corrected chi connectivity index (χ1v) is 11.0. The van der Waals surface area contributed by atoms with Crippen molar-refractivity contribution in [2.24, 2.45) is 0 Å². The lowest BCUT2D eigenvalue weighted by Gasteiger charge is -2.21. The number of amides is 2. The molecule has 0 radical (unpaired) electrons. The normalized spacial score (nSPS) is 16.2. The van der Waals surface area contributed by atoms with Gasteiger partial charge >= 0.3 is 0 Å². The molecule has 0 fully saturated rings. The number of anilines is 2. The average Bonchev–Trinajstić information content (AvgIpc) is 2.68. The number of nitrogens with zero attached hydrogens (tertiary/aromatic N) is 1. The molecule has 1 heterocycles. The van der Waals surface area contributed by atoms with Crippen LogP contribution in [-0.2, 0) is 14.8 Å². The first-order chi connectivity index (χ1) is 13.6. The summed E-state index contributed by atoms with van der Waals surface area (Å²) in [5.41, 5.74) is 1.12. The molecular formula is C19H21N3O5S2. The third-order valence-electron chi connectivity index (χ3n) is 4.37. The Bertz CT molecular complexity index is 1080. The molecular weight excluding hydrogens is 414 g/mol. The molecule has 0 unspecified atom stereocenters. The van der Waals surface area contributed by atoms with E-state index in [4.69, 9.17) is 4.74 Å². The Morgan fingerprint density at radius 2 is 1.93 bits per heavy atom. The highest BCUT2D eigenvalue weighted by atomic mass is 32.2. The van der Waals surface area contributed by atoms with Gasteiger partial charge in [-0.05, 0) is 43.3 Å². The molecule has 29 heavy (non-hydrogen) atoms. The van der Waals surface area contributed by atoms with E-state index in [9.17, 15) is 18.0 Å². The van der Waals surface area contributed by atoms with Gasteiger partial charge in [0.25, 0.3) is 5.91 Å². The van der Waals surface area contributed by atoms with Gasteiger partial charge in [0.1, 0.15) is 5.75 Å². The lowest BCUT2D eigenvalue weighted by molar-refractivity contribution is -0.115. The molecule has 3 rings (SSSR count).